The summed E-state index contributed by atoms with van der Waals surface area (Å²) in [6.07, 6.45) is 3.95. The van der Waals surface area contributed by atoms with E-state index in [9.17, 15) is 19.5 Å². The SMILES string of the molecule is C=CCN(C)C(=O)[C@H]1[C@@H]2SC3(CC2Br)C(C(=O)N(CC=C)c2cc(C)ccc2C)N([C@H](C)CO)C(=O)[C@H]13. The molecule has 7 nitrogen and oxygen atoms in total. The Morgan fingerprint density at radius 1 is 1.27 bits per heavy atom. The average molecular weight is 591 g/mol. The van der Waals surface area contributed by atoms with Gasteiger partial charge in [0.25, 0.3) is 5.91 Å². The van der Waals surface area contributed by atoms with Crippen LogP contribution in [0.3, 0.4) is 0 Å². The highest BCUT2D eigenvalue weighted by atomic mass is 79.9. The molecule has 0 saturated carbocycles. The molecule has 3 heterocycles. The summed E-state index contributed by atoms with van der Waals surface area (Å²) in [5.41, 5.74) is 2.75. The van der Waals surface area contributed by atoms with E-state index in [1.807, 2.05) is 32.0 Å². The van der Waals surface area contributed by atoms with Crippen LogP contribution in [0.1, 0.15) is 24.5 Å². The lowest BCUT2D eigenvalue weighted by atomic mass is 9.70. The van der Waals surface area contributed by atoms with Gasteiger partial charge in [0, 0.05) is 35.9 Å². The predicted molar refractivity (Wildman–Crippen MR) is 152 cm³/mol. The number of alkyl halides is 1. The molecule has 1 aromatic rings. The Balaban J connectivity index is 1.84. The summed E-state index contributed by atoms with van der Waals surface area (Å²) in [5.74, 6) is -1.73. The number of fused-ring (bicyclic) bond motifs is 1. The maximum Gasteiger partial charge on any atom is 0.251 e. The van der Waals surface area contributed by atoms with Gasteiger partial charge in [-0.3, -0.25) is 14.4 Å². The third-order valence-corrected chi connectivity index (χ3v) is 11.2. The number of hydrogen-bond acceptors (Lipinski definition) is 5. The Morgan fingerprint density at radius 2 is 1.95 bits per heavy atom. The van der Waals surface area contributed by atoms with Gasteiger partial charge in [0.2, 0.25) is 11.8 Å². The molecule has 3 saturated heterocycles. The van der Waals surface area contributed by atoms with Crippen LogP contribution in [0, 0.1) is 25.7 Å². The highest BCUT2D eigenvalue weighted by molar-refractivity contribution is 9.09. The van der Waals surface area contributed by atoms with Crippen LogP contribution < -0.4 is 4.90 Å². The average Bonchev–Trinajstić information content (AvgIpc) is 3.46. The molecule has 0 aromatic heterocycles. The van der Waals surface area contributed by atoms with E-state index in [2.05, 4.69) is 29.1 Å². The van der Waals surface area contributed by atoms with Gasteiger partial charge in [0.1, 0.15) is 6.04 Å². The Hall–Kier alpha value is -2.10. The summed E-state index contributed by atoms with van der Waals surface area (Å²) < 4.78 is -0.775. The topological polar surface area (TPSA) is 81.2 Å². The Morgan fingerprint density at radius 3 is 2.57 bits per heavy atom. The summed E-state index contributed by atoms with van der Waals surface area (Å²) in [7, 11) is 1.72. The standard InChI is InChI=1S/C28H36BrN3O4S/c1-7-11-30(6)25(34)21-22-26(35)32(18(5)15-33)24(28(22)14-19(29)23(21)37-28)27(36)31(12-8-2)20-13-16(3)9-10-17(20)4/h7-10,13,18-19,21-24,33H,1-2,11-12,14-15H2,3-6H3/t18-,19?,21-,22+,23-,24?,28?/m1/s1. The maximum absolute atomic E-state index is 14.6. The highest BCUT2D eigenvalue weighted by Crippen LogP contribution is 2.68. The highest BCUT2D eigenvalue weighted by Gasteiger charge is 2.76. The smallest absolute Gasteiger partial charge is 0.251 e. The van der Waals surface area contributed by atoms with Gasteiger partial charge < -0.3 is 19.8 Å². The van der Waals surface area contributed by atoms with Crippen molar-refractivity contribution in [3.8, 4) is 0 Å². The van der Waals surface area contributed by atoms with Gasteiger partial charge in [0.05, 0.1) is 29.2 Å². The van der Waals surface area contributed by atoms with E-state index in [0.29, 0.717) is 13.0 Å². The Kier molecular flexibility index (Phi) is 7.98. The summed E-state index contributed by atoms with van der Waals surface area (Å²) in [4.78, 5) is 47.2. The van der Waals surface area contributed by atoms with Crippen LogP contribution in [0.2, 0.25) is 0 Å². The molecule has 1 aromatic carbocycles. The number of benzene rings is 1. The number of likely N-dealkylation sites (N-methyl/N-ethyl adjacent to an activating group) is 1. The lowest BCUT2D eigenvalue weighted by molar-refractivity contribution is -0.144. The number of thioether (sulfide) groups is 1. The van der Waals surface area contributed by atoms with Crippen molar-refractivity contribution in [3.63, 3.8) is 0 Å². The van der Waals surface area contributed by atoms with Gasteiger partial charge in [0.15, 0.2) is 0 Å². The van der Waals surface area contributed by atoms with Crippen molar-refractivity contribution in [1.29, 1.82) is 0 Å². The Labute approximate surface area is 232 Å². The lowest BCUT2D eigenvalue weighted by Crippen LogP contribution is -2.57. The number of hydrogen-bond donors (Lipinski definition) is 1. The van der Waals surface area contributed by atoms with Crippen LogP contribution in [-0.2, 0) is 14.4 Å². The molecule has 0 radical (unpaired) electrons. The molecular formula is C28H36BrN3O4S. The molecule has 200 valence electrons. The van der Waals surface area contributed by atoms with Crippen molar-refractivity contribution in [1.82, 2.24) is 9.80 Å². The molecule has 4 rings (SSSR count). The molecule has 9 heteroatoms. The second-order valence-corrected chi connectivity index (χ2v) is 13.2. The molecule has 1 N–H and O–H groups in total. The molecule has 3 aliphatic rings. The van der Waals surface area contributed by atoms with E-state index >= 15 is 0 Å². The minimum absolute atomic E-state index is 0.0131. The van der Waals surface area contributed by atoms with Gasteiger partial charge in [-0.25, -0.2) is 0 Å². The molecule has 3 unspecified atom stereocenters. The third kappa shape index (κ3) is 4.36. The van der Waals surface area contributed by atoms with Crippen molar-refractivity contribution in [2.24, 2.45) is 11.8 Å². The van der Waals surface area contributed by atoms with Crippen molar-refractivity contribution < 1.29 is 19.5 Å². The molecule has 0 aliphatic carbocycles. The van der Waals surface area contributed by atoms with Crippen LogP contribution in [0.5, 0.6) is 0 Å². The monoisotopic (exact) mass is 589 g/mol. The van der Waals surface area contributed by atoms with E-state index in [0.717, 1.165) is 16.8 Å². The second kappa shape index (κ2) is 10.6. The zero-order valence-corrected chi connectivity index (χ0v) is 24.3. The number of aliphatic hydroxyl groups excluding tert-OH is 1. The van der Waals surface area contributed by atoms with Crippen LogP contribution in [-0.4, -0.2) is 86.3 Å². The van der Waals surface area contributed by atoms with E-state index in [1.165, 1.54) is 0 Å². The molecule has 1 spiro atoms. The number of nitrogens with zero attached hydrogens (tertiary/aromatic N) is 3. The number of halogens is 1. The normalized spacial score (nSPS) is 30.7. The van der Waals surface area contributed by atoms with E-state index in [4.69, 9.17) is 0 Å². The summed E-state index contributed by atoms with van der Waals surface area (Å²) in [6.45, 7) is 13.7. The maximum atomic E-state index is 14.6. The lowest BCUT2D eigenvalue weighted by Gasteiger charge is -2.39. The first kappa shape index (κ1) is 27.9. The number of anilines is 1. The van der Waals surface area contributed by atoms with Crippen LogP contribution in [0.25, 0.3) is 0 Å². The largest absolute Gasteiger partial charge is 0.394 e. The van der Waals surface area contributed by atoms with Crippen molar-refractivity contribution in [2.45, 2.75) is 54.1 Å². The number of aliphatic hydroxyl groups is 1. The van der Waals surface area contributed by atoms with Gasteiger partial charge in [-0.2, -0.15) is 0 Å². The first-order chi connectivity index (χ1) is 17.5. The predicted octanol–water partition coefficient (Wildman–Crippen LogP) is 3.31. The quantitative estimate of drug-likeness (QED) is 0.353. The molecule has 3 fully saturated rings. The minimum atomic E-state index is -0.815. The zero-order chi connectivity index (χ0) is 27.2. The van der Waals surface area contributed by atoms with Crippen LogP contribution in [0.15, 0.2) is 43.5 Å². The van der Waals surface area contributed by atoms with E-state index in [-0.39, 0.29) is 41.0 Å². The minimum Gasteiger partial charge on any atom is -0.394 e. The second-order valence-electron chi connectivity index (χ2n) is 10.5. The number of carbonyl (C=O) groups is 3. The zero-order valence-electron chi connectivity index (χ0n) is 21.9. The first-order valence-electron chi connectivity index (χ1n) is 12.6. The van der Waals surface area contributed by atoms with Gasteiger partial charge in [-0.1, -0.05) is 40.2 Å². The van der Waals surface area contributed by atoms with Gasteiger partial charge in [-0.05, 0) is 44.4 Å². The van der Waals surface area contributed by atoms with Gasteiger partial charge >= 0.3 is 0 Å². The molecule has 3 aliphatic heterocycles. The van der Waals surface area contributed by atoms with Crippen molar-refractivity contribution in [2.75, 3.05) is 31.6 Å². The molecular weight excluding hydrogens is 554 g/mol. The summed E-state index contributed by atoms with van der Waals surface area (Å²) in [6, 6.07) is 4.58. The summed E-state index contributed by atoms with van der Waals surface area (Å²) >= 11 is 5.40. The Bertz CT molecular complexity index is 1130. The number of aryl methyl sites for hydroxylation is 2. The number of amides is 3. The molecule has 37 heavy (non-hydrogen) atoms. The van der Waals surface area contributed by atoms with E-state index in [1.54, 1.807) is 52.6 Å². The third-order valence-electron chi connectivity index (χ3n) is 8.00. The number of rotatable bonds is 9. The summed E-state index contributed by atoms with van der Waals surface area (Å²) in [5, 5.41) is 10.0. The molecule has 7 atom stereocenters. The molecule has 3 amide bonds. The van der Waals surface area contributed by atoms with Gasteiger partial charge in [-0.15, -0.1) is 24.9 Å². The van der Waals surface area contributed by atoms with E-state index < -0.39 is 28.7 Å². The molecule has 2 bridgehead atoms. The number of carbonyl (C=O) groups excluding carboxylic acids is 3. The fourth-order valence-electron chi connectivity index (χ4n) is 6.32. The van der Waals surface area contributed by atoms with Crippen LogP contribution in [0.4, 0.5) is 5.69 Å². The van der Waals surface area contributed by atoms with Crippen molar-refractivity contribution >= 4 is 51.1 Å². The van der Waals surface area contributed by atoms with Crippen molar-refractivity contribution in [3.05, 3.63) is 54.6 Å². The fraction of sp³-hybridized carbons (Fsp3) is 0.536. The fourth-order valence-corrected chi connectivity index (χ4v) is 9.91. The van der Waals surface area contributed by atoms with Crippen LogP contribution >= 0.6 is 27.7 Å². The number of likely N-dealkylation sites (tertiary alicyclic amines) is 1. The first-order valence-corrected chi connectivity index (χ1v) is 14.4.